The minimum absolute atomic E-state index is 0.0321. The summed E-state index contributed by atoms with van der Waals surface area (Å²) in [6, 6.07) is 3.54. The quantitative estimate of drug-likeness (QED) is 0.259. The van der Waals surface area contributed by atoms with Gasteiger partial charge >= 0.3 is 0 Å². The van der Waals surface area contributed by atoms with Gasteiger partial charge in [0, 0.05) is 18.1 Å². The van der Waals surface area contributed by atoms with Gasteiger partial charge in [0.15, 0.2) is 0 Å². The third kappa shape index (κ3) is 7.18. The highest BCUT2D eigenvalue weighted by Gasteiger charge is 2.33. The van der Waals surface area contributed by atoms with Crippen LogP contribution in [0.3, 0.4) is 0 Å². The molecule has 32 heavy (non-hydrogen) atoms. The molecule has 2 rings (SSSR count). The van der Waals surface area contributed by atoms with Crippen molar-refractivity contribution in [3.63, 3.8) is 0 Å². The van der Waals surface area contributed by atoms with E-state index < -0.39 is 0 Å². The Bertz CT molecular complexity index is 746. The number of carbonyl (C=O) groups excluding carboxylic acids is 1. The lowest BCUT2D eigenvalue weighted by atomic mass is 9.74. The molecule has 2 unspecified atom stereocenters. The Balaban J connectivity index is 2.08. The van der Waals surface area contributed by atoms with E-state index in [-0.39, 0.29) is 11.8 Å². The van der Waals surface area contributed by atoms with Crippen LogP contribution in [-0.2, 0) is 4.79 Å². The molecular weight excluding hydrogens is 402 g/mol. The molecule has 1 aliphatic carbocycles. The van der Waals surface area contributed by atoms with Gasteiger partial charge in [-0.3, -0.25) is 4.79 Å². The fourth-order valence-electron chi connectivity index (χ4n) is 4.70. The normalized spacial score (nSPS) is 18.4. The summed E-state index contributed by atoms with van der Waals surface area (Å²) in [5, 5.41) is 3.13. The Morgan fingerprint density at radius 2 is 1.44 bits per heavy atom. The van der Waals surface area contributed by atoms with Crippen LogP contribution in [0.4, 0.5) is 5.69 Å². The van der Waals surface area contributed by atoms with E-state index in [0.29, 0.717) is 28.9 Å². The number of benzene rings is 1. The van der Waals surface area contributed by atoms with Crippen LogP contribution in [0, 0.1) is 11.8 Å². The lowest BCUT2D eigenvalue weighted by Gasteiger charge is -2.32. The first-order valence-electron chi connectivity index (χ1n) is 12.2. The molecule has 0 aliphatic heterocycles. The van der Waals surface area contributed by atoms with E-state index in [9.17, 15) is 4.79 Å². The van der Waals surface area contributed by atoms with Gasteiger partial charge in [0.1, 0.15) is 22.9 Å². The first-order chi connectivity index (χ1) is 15.4. The van der Waals surface area contributed by atoms with Crippen molar-refractivity contribution in [2.45, 2.75) is 85.0 Å². The second-order valence-corrected chi connectivity index (χ2v) is 9.14. The van der Waals surface area contributed by atoms with Crippen molar-refractivity contribution in [3.8, 4) is 17.2 Å². The molecule has 2 atom stereocenters. The topological polar surface area (TPSA) is 56.8 Å². The van der Waals surface area contributed by atoms with E-state index in [4.69, 9.17) is 14.2 Å². The number of nitrogens with one attached hydrogen (secondary N) is 1. The zero-order valence-electron chi connectivity index (χ0n) is 21.0. The molecule has 0 saturated heterocycles. The van der Waals surface area contributed by atoms with Crippen molar-refractivity contribution < 1.29 is 19.0 Å². The number of ether oxygens (including phenoxy) is 3. The maximum Gasteiger partial charge on any atom is 0.228 e. The molecule has 0 heterocycles. The molecule has 1 aromatic carbocycles. The van der Waals surface area contributed by atoms with Crippen LogP contribution in [0.5, 0.6) is 17.2 Å². The van der Waals surface area contributed by atoms with E-state index in [1.54, 1.807) is 33.5 Å². The second-order valence-electron chi connectivity index (χ2n) is 9.14. The van der Waals surface area contributed by atoms with Crippen molar-refractivity contribution in [2.75, 3.05) is 26.6 Å². The van der Waals surface area contributed by atoms with E-state index in [1.165, 1.54) is 56.1 Å². The summed E-state index contributed by atoms with van der Waals surface area (Å²) < 4.78 is 16.4. The number of unbranched alkanes of at least 4 members (excludes halogenated alkanes) is 6. The molecule has 0 spiro atoms. The molecule has 5 heteroatoms. The number of hydrogen-bond donors (Lipinski definition) is 1. The molecular formula is C27H43NO4. The summed E-state index contributed by atoms with van der Waals surface area (Å²) in [5.41, 5.74) is 3.36. The summed E-state index contributed by atoms with van der Waals surface area (Å²) in [4.78, 5) is 13.5. The molecule has 0 fully saturated rings. The SMILES string of the molecule is CCCCCCCCCC1CC(C)=C(C)CC1C(=O)Nc1c(OC)cc(OC)cc1OC. The zero-order chi connectivity index (χ0) is 23.5. The second kappa shape index (κ2) is 13.4. The molecule has 180 valence electrons. The predicted molar refractivity (Wildman–Crippen MR) is 132 cm³/mol. The Hall–Kier alpha value is -2.17. The molecule has 1 N–H and O–H groups in total. The van der Waals surface area contributed by atoms with E-state index >= 15 is 0 Å². The molecule has 0 saturated carbocycles. The Kier molecular flexibility index (Phi) is 10.9. The summed E-state index contributed by atoms with van der Waals surface area (Å²) in [6.07, 6.45) is 12.0. The van der Waals surface area contributed by atoms with E-state index in [2.05, 4.69) is 26.1 Å². The Morgan fingerprint density at radius 1 is 0.875 bits per heavy atom. The smallest absolute Gasteiger partial charge is 0.228 e. The van der Waals surface area contributed by atoms with Crippen LogP contribution in [0.1, 0.15) is 85.0 Å². The van der Waals surface area contributed by atoms with Crippen LogP contribution >= 0.6 is 0 Å². The van der Waals surface area contributed by atoms with Gasteiger partial charge in [-0.15, -0.1) is 0 Å². The Morgan fingerprint density at radius 3 is 2.00 bits per heavy atom. The maximum absolute atomic E-state index is 13.5. The zero-order valence-corrected chi connectivity index (χ0v) is 21.0. The van der Waals surface area contributed by atoms with Gasteiger partial charge in [-0.05, 0) is 39.0 Å². The van der Waals surface area contributed by atoms with Crippen LogP contribution in [0.15, 0.2) is 23.3 Å². The lowest BCUT2D eigenvalue weighted by Crippen LogP contribution is -2.32. The predicted octanol–water partition coefficient (Wildman–Crippen LogP) is 7.15. The largest absolute Gasteiger partial charge is 0.496 e. The first kappa shape index (κ1) is 26.1. The van der Waals surface area contributed by atoms with Crippen molar-refractivity contribution in [1.29, 1.82) is 0 Å². The number of anilines is 1. The van der Waals surface area contributed by atoms with Gasteiger partial charge in [-0.1, -0.05) is 63.0 Å². The molecule has 1 aliphatic rings. The van der Waals surface area contributed by atoms with Crippen LogP contribution in [0.2, 0.25) is 0 Å². The Labute approximate surface area is 194 Å². The summed E-state index contributed by atoms with van der Waals surface area (Å²) in [6.45, 7) is 6.63. The number of amides is 1. The minimum atomic E-state index is -0.0321. The summed E-state index contributed by atoms with van der Waals surface area (Å²) in [7, 11) is 4.77. The van der Waals surface area contributed by atoms with Crippen molar-refractivity contribution >= 4 is 11.6 Å². The van der Waals surface area contributed by atoms with Gasteiger partial charge in [0.25, 0.3) is 0 Å². The van der Waals surface area contributed by atoms with Gasteiger partial charge in [-0.2, -0.15) is 0 Å². The average molecular weight is 446 g/mol. The number of allylic oxidation sites excluding steroid dienone is 2. The van der Waals surface area contributed by atoms with Crippen molar-refractivity contribution in [2.24, 2.45) is 11.8 Å². The van der Waals surface area contributed by atoms with Crippen molar-refractivity contribution in [3.05, 3.63) is 23.3 Å². The number of rotatable bonds is 13. The molecule has 0 bridgehead atoms. The third-order valence-corrected chi connectivity index (χ3v) is 6.87. The maximum atomic E-state index is 13.5. The fraction of sp³-hybridized carbons (Fsp3) is 0.667. The lowest BCUT2D eigenvalue weighted by molar-refractivity contribution is -0.121. The number of methoxy groups -OCH3 is 3. The minimum Gasteiger partial charge on any atom is -0.496 e. The van der Waals surface area contributed by atoms with Crippen LogP contribution in [-0.4, -0.2) is 27.2 Å². The molecule has 1 aromatic rings. The number of carbonyl (C=O) groups is 1. The van der Waals surface area contributed by atoms with Gasteiger partial charge in [0.2, 0.25) is 5.91 Å². The third-order valence-electron chi connectivity index (χ3n) is 6.87. The highest BCUT2D eigenvalue weighted by atomic mass is 16.5. The average Bonchev–Trinajstić information content (AvgIpc) is 2.80. The van der Waals surface area contributed by atoms with Crippen molar-refractivity contribution in [1.82, 2.24) is 0 Å². The van der Waals surface area contributed by atoms with Crippen LogP contribution in [0.25, 0.3) is 0 Å². The molecule has 0 radical (unpaired) electrons. The standard InChI is InChI=1S/C27H43NO4/c1-7-8-9-10-11-12-13-14-21-15-19(2)20(3)16-23(21)27(29)28-26-24(31-5)17-22(30-4)18-25(26)32-6/h17-18,21,23H,7-16H2,1-6H3,(H,28,29). The van der Waals surface area contributed by atoms with Crippen LogP contribution < -0.4 is 19.5 Å². The first-order valence-corrected chi connectivity index (χ1v) is 12.2. The monoisotopic (exact) mass is 445 g/mol. The van der Waals surface area contributed by atoms with E-state index in [0.717, 1.165) is 19.3 Å². The summed E-state index contributed by atoms with van der Waals surface area (Å²) >= 11 is 0. The van der Waals surface area contributed by atoms with Gasteiger partial charge in [-0.25, -0.2) is 0 Å². The fourth-order valence-corrected chi connectivity index (χ4v) is 4.70. The summed E-state index contributed by atoms with van der Waals surface area (Å²) in [5.74, 6) is 2.10. The van der Waals surface area contributed by atoms with E-state index in [1.807, 2.05) is 0 Å². The molecule has 1 amide bonds. The highest BCUT2D eigenvalue weighted by molar-refractivity contribution is 5.96. The molecule has 5 nitrogen and oxygen atoms in total. The highest BCUT2D eigenvalue weighted by Crippen LogP contribution is 2.42. The molecule has 0 aromatic heterocycles. The number of hydrogen-bond acceptors (Lipinski definition) is 4. The van der Waals surface area contributed by atoms with Gasteiger partial charge < -0.3 is 19.5 Å². The van der Waals surface area contributed by atoms with Gasteiger partial charge in [0.05, 0.1) is 21.3 Å².